The highest BCUT2D eigenvalue weighted by Crippen LogP contribution is 2.23. The number of esters is 1. The molecular formula is C15H10ClFN2O2. The van der Waals surface area contributed by atoms with Crippen molar-refractivity contribution in [3.8, 4) is 6.07 Å². The number of carbonyl (C=O) groups is 1. The lowest BCUT2D eigenvalue weighted by Crippen LogP contribution is -2.09. The predicted molar refractivity (Wildman–Crippen MR) is 76.1 cm³/mol. The van der Waals surface area contributed by atoms with Crippen LogP contribution in [-0.4, -0.2) is 5.97 Å². The van der Waals surface area contributed by atoms with Gasteiger partial charge in [0.1, 0.15) is 18.5 Å². The van der Waals surface area contributed by atoms with Gasteiger partial charge in [-0.25, -0.2) is 9.18 Å². The lowest BCUT2D eigenvalue weighted by atomic mass is 10.1. The van der Waals surface area contributed by atoms with Gasteiger partial charge in [0.2, 0.25) is 0 Å². The van der Waals surface area contributed by atoms with E-state index in [1.165, 1.54) is 24.3 Å². The van der Waals surface area contributed by atoms with Crippen LogP contribution < -0.4 is 5.73 Å². The van der Waals surface area contributed by atoms with E-state index in [2.05, 4.69) is 0 Å². The number of rotatable bonds is 3. The first-order chi connectivity index (χ1) is 10.0. The molecule has 0 aliphatic rings. The molecule has 0 fully saturated rings. The second-order valence-electron chi connectivity index (χ2n) is 4.17. The molecule has 4 nitrogen and oxygen atoms in total. The molecule has 0 atom stereocenters. The van der Waals surface area contributed by atoms with E-state index in [9.17, 15) is 9.18 Å². The molecule has 0 aliphatic heterocycles. The summed E-state index contributed by atoms with van der Waals surface area (Å²) < 4.78 is 18.8. The standard InChI is InChI=1S/C15H10ClFN2O2/c16-12-6-2-5-11(14(12)19)15(20)21-8-10-4-1-3-9(7-18)13(10)17/h1-6H,8,19H2. The first-order valence-corrected chi connectivity index (χ1v) is 6.31. The summed E-state index contributed by atoms with van der Waals surface area (Å²) in [5.74, 6) is -1.41. The fraction of sp³-hybridized carbons (Fsp3) is 0.0667. The maximum Gasteiger partial charge on any atom is 0.340 e. The molecule has 0 spiro atoms. The third-order valence-electron chi connectivity index (χ3n) is 2.83. The number of nitriles is 1. The summed E-state index contributed by atoms with van der Waals surface area (Å²) >= 11 is 5.81. The van der Waals surface area contributed by atoms with Crippen LogP contribution >= 0.6 is 11.6 Å². The highest BCUT2D eigenvalue weighted by Gasteiger charge is 2.15. The summed E-state index contributed by atoms with van der Waals surface area (Å²) in [5, 5.41) is 8.97. The van der Waals surface area contributed by atoms with Crippen LogP contribution in [0.2, 0.25) is 5.02 Å². The Balaban J connectivity index is 2.16. The Labute approximate surface area is 125 Å². The monoisotopic (exact) mass is 304 g/mol. The Hall–Kier alpha value is -2.58. The molecule has 2 aromatic rings. The van der Waals surface area contributed by atoms with E-state index >= 15 is 0 Å². The van der Waals surface area contributed by atoms with Crippen molar-refractivity contribution < 1.29 is 13.9 Å². The number of para-hydroxylation sites is 1. The van der Waals surface area contributed by atoms with Gasteiger partial charge >= 0.3 is 5.97 Å². The van der Waals surface area contributed by atoms with Crippen LogP contribution in [0.15, 0.2) is 36.4 Å². The number of ether oxygens (including phenoxy) is 1. The Morgan fingerprint density at radius 3 is 2.76 bits per heavy atom. The van der Waals surface area contributed by atoms with Crippen molar-refractivity contribution in [1.82, 2.24) is 0 Å². The topological polar surface area (TPSA) is 76.1 Å². The van der Waals surface area contributed by atoms with Gasteiger partial charge in [-0.1, -0.05) is 29.8 Å². The number of benzene rings is 2. The van der Waals surface area contributed by atoms with E-state index in [0.717, 1.165) is 0 Å². The summed E-state index contributed by atoms with van der Waals surface area (Å²) in [5.41, 5.74) is 5.90. The number of carbonyl (C=O) groups excluding carboxylic acids is 1. The van der Waals surface area contributed by atoms with Crippen molar-refractivity contribution in [3.63, 3.8) is 0 Å². The molecule has 0 bridgehead atoms. The van der Waals surface area contributed by atoms with Crippen molar-refractivity contribution in [2.45, 2.75) is 6.61 Å². The van der Waals surface area contributed by atoms with Crippen LogP contribution in [0.1, 0.15) is 21.5 Å². The van der Waals surface area contributed by atoms with Crippen molar-refractivity contribution in [1.29, 1.82) is 5.26 Å². The Kier molecular flexibility index (Phi) is 4.41. The fourth-order valence-corrected chi connectivity index (χ4v) is 1.89. The van der Waals surface area contributed by atoms with Gasteiger partial charge < -0.3 is 10.5 Å². The Bertz CT molecular complexity index is 741. The maximum atomic E-state index is 13.8. The third kappa shape index (κ3) is 3.12. The summed E-state index contributed by atoms with van der Waals surface area (Å²) in [6, 6.07) is 10.6. The quantitative estimate of drug-likeness (QED) is 0.697. The summed E-state index contributed by atoms with van der Waals surface area (Å²) in [6.45, 7) is -0.299. The highest BCUT2D eigenvalue weighted by atomic mass is 35.5. The van der Waals surface area contributed by atoms with Crippen molar-refractivity contribution in [3.05, 3.63) is 63.9 Å². The largest absolute Gasteiger partial charge is 0.457 e. The second kappa shape index (κ2) is 6.25. The van der Waals surface area contributed by atoms with Gasteiger partial charge in [0, 0.05) is 5.56 Å². The molecule has 106 valence electrons. The average molecular weight is 305 g/mol. The van der Waals surface area contributed by atoms with E-state index < -0.39 is 11.8 Å². The minimum Gasteiger partial charge on any atom is -0.457 e. The Morgan fingerprint density at radius 1 is 1.33 bits per heavy atom. The number of nitrogen functional groups attached to an aromatic ring is 1. The minimum absolute atomic E-state index is 0.106. The molecule has 0 saturated carbocycles. The van der Waals surface area contributed by atoms with Gasteiger partial charge in [-0.3, -0.25) is 0 Å². The molecule has 0 amide bonds. The molecule has 0 unspecified atom stereocenters. The molecule has 0 aliphatic carbocycles. The number of halogens is 2. The molecule has 0 heterocycles. The highest BCUT2D eigenvalue weighted by molar-refractivity contribution is 6.33. The van der Waals surface area contributed by atoms with E-state index in [4.69, 9.17) is 27.3 Å². The number of hydrogen-bond acceptors (Lipinski definition) is 4. The first kappa shape index (κ1) is 14.8. The van der Waals surface area contributed by atoms with Gasteiger partial charge in [0.15, 0.2) is 0 Å². The summed E-state index contributed by atoms with van der Waals surface area (Å²) in [4.78, 5) is 11.9. The van der Waals surface area contributed by atoms with Gasteiger partial charge in [-0.05, 0) is 18.2 Å². The van der Waals surface area contributed by atoms with E-state index in [0.29, 0.717) is 0 Å². The smallest absolute Gasteiger partial charge is 0.340 e. The van der Waals surface area contributed by atoms with Crippen LogP contribution in [0.3, 0.4) is 0 Å². The van der Waals surface area contributed by atoms with Crippen molar-refractivity contribution in [2.24, 2.45) is 0 Å². The third-order valence-corrected chi connectivity index (χ3v) is 3.16. The number of nitrogens with zero attached hydrogens (tertiary/aromatic N) is 1. The maximum absolute atomic E-state index is 13.8. The zero-order chi connectivity index (χ0) is 15.4. The predicted octanol–water partition coefficient (Wildman–Crippen LogP) is 3.29. The molecule has 0 aromatic heterocycles. The van der Waals surface area contributed by atoms with Crippen LogP contribution in [0.4, 0.5) is 10.1 Å². The lowest BCUT2D eigenvalue weighted by molar-refractivity contribution is 0.0470. The van der Waals surface area contributed by atoms with Crippen LogP contribution in [0, 0.1) is 17.1 Å². The number of nitrogens with two attached hydrogens (primary N) is 1. The molecule has 6 heteroatoms. The number of anilines is 1. The second-order valence-corrected chi connectivity index (χ2v) is 4.57. The SMILES string of the molecule is N#Cc1cccc(COC(=O)c2cccc(Cl)c2N)c1F. The molecule has 2 N–H and O–H groups in total. The first-order valence-electron chi connectivity index (χ1n) is 5.93. The van der Waals surface area contributed by atoms with E-state index in [1.807, 2.05) is 0 Å². The summed E-state index contributed by atoms with van der Waals surface area (Å²) in [7, 11) is 0. The van der Waals surface area contributed by atoms with Gasteiger partial charge in [-0.2, -0.15) is 5.26 Å². The molecule has 0 saturated heterocycles. The van der Waals surface area contributed by atoms with Crippen LogP contribution in [0.25, 0.3) is 0 Å². The van der Waals surface area contributed by atoms with Crippen LogP contribution in [0.5, 0.6) is 0 Å². The average Bonchev–Trinajstić information content (AvgIpc) is 2.48. The van der Waals surface area contributed by atoms with E-state index in [-0.39, 0.29) is 34.0 Å². The van der Waals surface area contributed by atoms with Crippen molar-refractivity contribution in [2.75, 3.05) is 5.73 Å². The minimum atomic E-state index is -0.711. The Morgan fingerprint density at radius 2 is 2.05 bits per heavy atom. The summed E-state index contributed by atoms with van der Waals surface area (Å²) in [6.07, 6.45) is 0. The van der Waals surface area contributed by atoms with E-state index in [1.54, 1.807) is 18.2 Å². The lowest BCUT2D eigenvalue weighted by Gasteiger charge is -2.09. The van der Waals surface area contributed by atoms with Gasteiger partial charge in [0.05, 0.1) is 21.8 Å². The normalized spacial score (nSPS) is 9.95. The van der Waals surface area contributed by atoms with Crippen molar-refractivity contribution >= 4 is 23.3 Å². The zero-order valence-electron chi connectivity index (χ0n) is 10.8. The molecule has 2 rings (SSSR count). The van der Waals surface area contributed by atoms with Crippen LogP contribution in [-0.2, 0) is 11.3 Å². The van der Waals surface area contributed by atoms with Gasteiger partial charge in [-0.15, -0.1) is 0 Å². The molecule has 2 aromatic carbocycles. The zero-order valence-corrected chi connectivity index (χ0v) is 11.5. The molecular weight excluding hydrogens is 295 g/mol. The number of hydrogen-bond donors (Lipinski definition) is 1. The van der Waals surface area contributed by atoms with Gasteiger partial charge in [0.25, 0.3) is 0 Å². The fourth-order valence-electron chi connectivity index (χ4n) is 1.71. The molecule has 0 radical (unpaired) electrons. The molecule has 21 heavy (non-hydrogen) atoms.